The van der Waals surface area contributed by atoms with Crippen molar-refractivity contribution in [1.29, 1.82) is 0 Å². The molecule has 0 aliphatic heterocycles. The lowest BCUT2D eigenvalue weighted by molar-refractivity contribution is -0.158. The number of carbonyl (C=O) groups is 3. The molecule has 0 heterocycles. The summed E-state index contributed by atoms with van der Waals surface area (Å²) in [5, 5.41) is 0.670. The molecule has 0 amide bonds. The average Bonchev–Trinajstić information content (AvgIpc) is 2.72. The highest BCUT2D eigenvalue weighted by molar-refractivity contribution is 6.34. The van der Waals surface area contributed by atoms with Crippen LogP contribution in [0.25, 0.3) is 0 Å². The Hall–Kier alpha value is -3.06. The molecule has 0 saturated heterocycles. The lowest BCUT2D eigenvalue weighted by atomic mass is 10.2. The van der Waals surface area contributed by atoms with Crippen molar-refractivity contribution in [3.8, 4) is 11.5 Å². The maximum absolute atomic E-state index is 11.7. The van der Waals surface area contributed by atoms with Gasteiger partial charge in [0.05, 0.1) is 13.5 Å². The fraction of sp³-hybridized carbons (Fsp3) is 0.286. The zero-order valence-electron chi connectivity index (χ0n) is 16.1. The van der Waals surface area contributed by atoms with Gasteiger partial charge in [-0.15, -0.1) is 0 Å². The molecular formula is C21H21ClO7. The second-order valence-corrected chi connectivity index (χ2v) is 6.53. The summed E-state index contributed by atoms with van der Waals surface area (Å²) < 4.78 is 20.3. The zero-order chi connectivity index (χ0) is 21.2. The molecule has 0 aromatic heterocycles. The van der Waals surface area contributed by atoms with Gasteiger partial charge in [-0.2, -0.15) is 0 Å². The quantitative estimate of drug-likeness (QED) is 0.430. The van der Waals surface area contributed by atoms with Crippen LogP contribution in [0.4, 0.5) is 0 Å². The molecule has 0 radical (unpaired) electrons. The number of halogens is 1. The van der Waals surface area contributed by atoms with Crippen LogP contribution in [0, 0.1) is 0 Å². The molecule has 1 unspecified atom stereocenters. The van der Waals surface area contributed by atoms with Crippen LogP contribution in [0.2, 0.25) is 5.02 Å². The van der Waals surface area contributed by atoms with Crippen LogP contribution in [-0.4, -0.2) is 37.5 Å². The van der Waals surface area contributed by atoms with E-state index in [-0.39, 0.29) is 6.42 Å². The smallest absolute Gasteiger partial charge is 0.378 e. The maximum atomic E-state index is 11.7. The number of ether oxygens (including phenoxy) is 4. The minimum absolute atomic E-state index is 0.0801. The molecule has 2 rings (SSSR count). The first-order chi connectivity index (χ1) is 13.9. The number of hydrogen-bond acceptors (Lipinski definition) is 7. The topological polar surface area (TPSA) is 88.1 Å². The van der Waals surface area contributed by atoms with Crippen molar-refractivity contribution in [2.24, 2.45) is 0 Å². The molecule has 2 aromatic carbocycles. The van der Waals surface area contributed by atoms with Crippen LogP contribution < -0.4 is 9.47 Å². The van der Waals surface area contributed by atoms with Crippen molar-refractivity contribution in [1.82, 2.24) is 0 Å². The molecule has 0 fully saturated rings. The standard InChI is InChI=1S/C21H21ClO7/c1-14(11-20(24)28-13-19(23)21(25)26-2)29-18-9-7-17(8-10-18)27-12-15-3-5-16(22)6-4-15/h3-10,14H,11-13H2,1-2H3. The lowest BCUT2D eigenvalue weighted by Crippen LogP contribution is -2.25. The number of hydrogen-bond donors (Lipinski definition) is 0. The van der Waals surface area contributed by atoms with Gasteiger partial charge in [0, 0.05) is 5.02 Å². The Bertz CT molecular complexity index is 831. The Kier molecular flexibility index (Phi) is 8.48. The van der Waals surface area contributed by atoms with Crippen molar-refractivity contribution < 1.29 is 33.3 Å². The van der Waals surface area contributed by atoms with E-state index in [0.717, 1.165) is 12.7 Å². The molecular weight excluding hydrogens is 400 g/mol. The molecule has 7 nitrogen and oxygen atoms in total. The first kappa shape index (κ1) is 22.2. The van der Waals surface area contributed by atoms with E-state index in [2.05, 4.69) is 4.74 Å². The van der Waals surface area contributed by atoms with Gasteiger partial charge in [0.25, 0.3) is 5.78 Å². The normalized spacial score (nSPS) is 11.3. The number of benzene rings is 2. The number of esters is 2. The number of carbonyl (C=O) groups excluding carboxylic acids is 3. The largest absolute Gasteiger partial charge is 0.490 e. The second kappa shape index (κ2) is 11.1. The third-order valence-electron chi connectivity index (χ3n) is 3.71. The van der Waals surface area contributed by atoms with Gasteiger partial charge in [-0.05, 0) is 48.9 Å². The highest BCUT2D eigenvalue weighted by Crippen LogP contribution is 2.20. The first-order valence-corrected chi connectivity index (χ1v) is 9.16. The second-order valence-electron chi connectivity index (χ2n) is 6.09. The van der Waals surface area contributed by atoms with E-state index in [4.69, 9.17) is 25.8 Å². The van der Waals surface area contributed by atoms with Crippen molar-refractivity contribution in [2.45, 2.75) is 26.1 Å². The van der Waals surface area contributed by atoms with Crippen LogP contribution >= 0.6 is 11.6 Å². The first-order valence-electron chi connectivity index (χ1n) is 8.78. The fourth-order valence-electron chi connectivity index (χ4n) is 2.25. The van der Waals surface area contributed by atoms with E-state index in [1.54, 1.807) is 43.3 Å². The molecule has 0 spiro atoms. The van der Waals surface area contributed by atoms with E-state index in [1.807, 2.05) is 12.1 Å². The summed E-state index contributed by atoms with van der Waals surface area (Å²) in [5.74, 6) is -1.42. The molecule has 2 aromatic rings. The zero-order valence-corrected chi connectivity index (χ0v) is 16.8. The minimum Gasteiger partial charge on any atom is -0.490 e. The third kappa shape index (κ3) is 7.83. The monoisotopic (exact) mass is 420 g/mol. The molecule has 154 valence electrons. The molecule has 0 aliphatic carbocycles. The molecule has 0 bridgehead atoms. The third-order valence-corrected chi connectivity index (χ3v) is 3.96. The summed E-state index contributed by atoms with van der Waals surface area (Å²) in [5.41, 5.74) is 0.993. The van der Waals surface area contributed by atoms with Crippen LogP contribution in [0.1, 0.15) is 18.9 Å². The van der Waals surface area contributed by atoms with E-state index < -0.39 is 30.4 Å². The van der Waals surface area contributed by atoms with Crippen molar-refractivity contribution in [2.75, 3.05) is 13.7 Å². The maximum Gasteiger partial charge on any atom is 0.378 e. The van der Waals surface area contributed by atoms with Gasteiger partial charge in [0.15, 0.2) is 6.61 Å². The molecule has 0 saturated carbocycles. The Morgan fingerprint density at radius 3 is 2.21 bits per heavy atom. The predicted octanol–water partition coefficient (Wildman–Crippen LogP) is 3.36. The summed E-state index contributed by atoms with van der Waals surface area (Å²) in [7, 11) is 1.08. The highest BCUT2D eigenvalue weighted by atomic mass is 35.5. The number of methoxy groups -OCH3 is 1. The van der Waals surface area contributed by atoms with Crippen LogP contribution in [0.5, 0.6) is 11.5 Å². The summed E-state index contributed by atoms with van der Waals surface area (Å²) in [6.45, 7) is 1.44. The number of ketones is 1. The van der Waals surface area contributed by atoms with E-state index in [1.165, 1.54) is 0 Å². The SMILES string of the molecule is COC(=O)C(=O)COC(=O)CC(C)Oc1ccc(OCc2ccc(Cl)cc2)cc1. The Morgan fingerprint density at radius 2 is 1.59 bits per heavy atom. The summed E-state index contributed by atoms with van der Waals surface area (Å²) in [4.78, 5) is 33.9. The molecule has 1 atom stereocenters. The summed E-state index contributed by atoms with van der Waals surface area (Å²) >= 11 is 5.85. The van der Waals surface area contributed by atoms with Crippen molar-refractivity contribution in [3.63, 3.8) is 0 Å². The fourth-order valence-corrected chi connectivity index (χ4v) is 2.37. The van der Waals surface area contributed by atoms with Crippen molar-refractivity contribution in [3.05, 3.63) is 59.1 Å². The molecule has 0 N–H and O–H groups in total. The summed E-state index contributed by atoms with van der Waals surface area (Å²) in [6, 6.07) is 14.3. The van der Waals surface area contributed by atoms with E-state index >= 15 is 0 Å². The van der Waals surface area contributed by atoms with E-state index in [0.29, 0.717) is 23.1 Å². The Balaban J connectivity index is 1.75. The number of Topliss-reactive ketones (excluding diaryl/α,β-unsaturated/α-hetero) is 1. The molecule has 29 heavy (non-hydrogen) atoms. The average molecular weight is 421 g/mol. The Morgan fingerprint density at radius 1 is 0.966 bits per heavy atom. The Labute approximate surface area is 173 Å². The van der Waals surface area contributed by atoms with Crippen LogP contribution in [0.15, 0.2) is 48.5 Å². The van der Waals surface area contributed by atoms with Gasteiger partial charge in [-0.25, -0.2) is 4.79 Å². The van der Waals surface area contributed by atoms with Gasteiger partial charge in [-0.3, -0.25) is 9.59 Å². The van der Waals surface area contributed by atoms with Gasteiger partial charge in [0.1, 0.15) is 24.2 Å². The lowest BCUT2D eigenvalue weighted by Gasteiger charge is -2.14. The predicted molar refractivity (Wildman–Crippen MR) is 105 cm³/mol. The molecule has 8 heteroatoms. The van der Waals surface area contributed by atoms with Crippen LogP contribution in [-0.2, 0) is 30.5 Å². The number of rotatable bonds is 10. The van der Waals surface area contributed by atoms with Gasteiger partial charge in [-0.1, -0.05) is 23.7 Å². The van der Waals surface area contributed by atoms with E-state index in [9.17, 15) is 14.4 Å². The summed E-state index contributed by atoms with van der Waals surface area (Å²) in [6.07, 6.45) is -0.569. The van der Waals surface area contributed by atoms with Crippen molar-refractivity contribution >= 4 is 29.3 Å². The minimum atomic E-state index is -1.06. The van der Waals surface area contributed by atoms with Gasteiger partial charge < -0.3 is 18.9 Å². The van der Waals surface area contributed by atoms with Gasteiger partial charge >= 0.3 is 11.9 Å². The van der Waals surface area contributed by atoms with Crippen LogP contribution in [0.3, 0.4) is 0 Å². The highest BCUT2D eigenvalue weighted by Gasteiger charge is 2.18. The van der Waals surface area contributed by atoms with Gasteiger partial charge in [0.2, 0.25) is 0 Å². The molecule has 0 aliphatic rings.